The first kappa shape index (κ1) is 13.4. The van der Waals surface area contributed by atoms with E-state index in [0.29, 0.717) is 6.42 Å². The zero-order valence-corrected chi connectivity index (χ0v) is 11.9. The second-order valence-electron chi connectivity index (χ2n) is 5.26. The fourth-order valence-corrected chi connectivity index (χ4v) is 2.72. The predicted octanol–water partition coefficient (Wildman–Crippen LogP) is 3.86. The Morgan fingerprint density at radius 3 is 2.57 bits per heavy atom. The number of fused-ring (bicyclic) bond motifs is 1. The van der Waals surface area contributed by atoms with Gasteiger partial charge in [-0.05, 0) is 35.2 Å². The third-order valence-corrected chi connectivity index (χ3v) is 3.79. The van der Waals surface area contributed by atoms with Crippen LogP contribution in [0, 0.1) is 0 Å². The fraction of sp³-hybridized carbons (Fsp3) is 0.167. The summed E-state index contributed by atoms with van der Waals surface area (Å²) in [5, 5.41) is 10.0. The molecule has 0 spiro atoms. The number of carbonyl (C=O) groups is 1. The van der Waals surface area contributed by atoms with Gasteiger partial charge in [0.2, 0.25) is 0 Å². The van der Waals surface area contributed by atoms with Crippen LogP contribution in [0.2, 0.25) is 0 Å². The number of carboxylic acid groups (broad SMARTS) is 1. The Balaban J connectivity index is 2.07. The highest BCUT2D eigenvalue weighted by molar-refractivity contribution is 5.89. The molecule has 0 unspecified atom stereocenters. The molecule has 0 bridgehead atoms. The highest BCUT2D eigenvalue weighted by Gasteiger charge is 2.09. The molecule has 0 saturated heterocycles. The van der Waals surface area contributed by atoms with Gasteiger partial charge < -0.3 is 9.67 Å². The smallest absolute Gasteiger partial charge is 0.303 e. The highest BCUT2D eigenvalue weighted by Crippen LogP contribution is 2.28. The Labute approximate surface area is 123 Å². The second-order valence-corrected chi connectivity index (χ2v) is 5.26. The van der Waals surface area contributed by atoms with Crippen molar-refractivity contribution >= 4 is 16.9 Å². The Kier molecular flexibility index (Phi) is 3.48. The Morgan fingerprint density at radius 2 is 1.86 bits per heavy atom. The molecule has 3 nitrogen and oxygen atoms in total. The summed E-state index contributed by atoms with van der Waals surface area (Å²) < 4.78 is 2.06. The van der Waals surface area contributed by atoms with Gasteiger partial charge in [-0.15, -0.1) is 0 Å². The molecule has 0 amide bonds. The van der Waals surface area contributed by atoms with E-state index in [9.17, 15) is 4.79 Å². The lowest BCUT2D eigenvalue weighted by molar-refractivity contribution is -0.136. The molecular weight excluding hydrogens is 262 g/mol. The fourth-order valence-electron chi connectivity index (χ4n) is 2.72. The SMILES string of the molecule is Cn1cc(CCC(=O)O)c2cc(-c3ccccc3)ccc21. The zero-order valence-electron chi connectivity index (χ0n) is 11.9. The molecule has 3 aromatic rings. The number of aryl methyl sites for hydroxylation is 2. The van der Waals surface area contributed by atoms with Crippen LogP contribution in [0.4, 0.5) is 0 Å². The Morgan fingerprint density at radius 1 is 1.10 bits per heavy atom. The van der Waals surface area contributed by atoms with Crippen molar-refractivity contribution in [2.75, 3.05) is 0 Å². The Hall–Kier alpha value is -2.55. The van der Waals surface area contributed by atoms with Gasteiger partial charge >= 0.3 is 5.97 Å². The van der Waals surface area contributed by atoms with Gasteiger partial charge in [0.25, 0.3) is 0 Å². The van der Waals surface area contributed by atoms with Crippen LogP contribution in [-0.2, 0) is 18.3 Å². The summed E-state index contributed by atoms with van der Waals surface area (Å²) in [6.45, 7) is 0. The molecule has 3 rings (SSSR count). The lowest BCUT2D eigenvalue weighted by Gasteiger charge is -2.04. The summed E-state index contributed by atoms with van der Waals surface area (Å²) in [5.74, 6) is -0.758. The van der Waals surface area contributed by atoms with Crippen molar-refractivity contribution in [3.63, 3.8) is 0 Å². The van der Waals surface area contributed by atoms with Gasteiger partial charge in [0.1, 0.15) is 0 Å². The van der Waals surface area contributed by atoms with Crippen molar-refractivity contribution in [2.24, 2.45) is 7.05 Å². The Bertz CT molecular complexity index is 788. The van der Waals surface area contributed by atoms with Gasteiger partial charge in [-0.2, -0.15) is 0 Å². The molecule has 3 heteroatoms. The number of rotatable bonds is 4. The number of carboxylic acids is 1. The standard InChI is InChI=1S/C18H17NO2/c1-19-12-15(8-10-18(20)21)16-11-14(7-9-17(16)19)13-5-3-2-4-6-13/h2-7,9,11-12H,8,10H2,1H3,(H,20,21). The highest BCUT2D eigenvalue weighted by atomic mass is 16.4. The molecule has 0 fully saturated rings. The number of benzene rings is 2. The first-order chi connectivity index (χ1) is 10.1. The first-order valence-electron chi connectivity index (χ1n) is 7.00. The second kappa shape index (κ2) is 5.44. The average Bonchev–Trinajstić information content (AvgIpc) is 2.82. The number of aliphatic carboxylic acids is 1. The van der Waals surface area contributed by atoms with Gasteiger partial charge in [0, 0.05) is 30.6 Å². The van der Waals surface area contributed by atoms with E-state index in [1.54, 1.807) is 0 Å². The summed E-state index contributed by atoms with van der Waals surface area (Å²) in [6, 6.07) is 16.6. The quantitative estimate of drug-likeness (QED) is 0.788. The molecule has 0 aliphatic carbocycles. The summed E-state index contributed by atoms with van der Waals surface area (Å²) >= 11 is 0. The topological polar surface area (TPSA) is 42.2 Å². The van der Waals surface area contributed by atoms with Crippen LogP contribution >= 0.6 is 0 Å². The minimum absolute atomic E-state index is 0.161. The van der Waals surface area contributed by atoms with Crippen molar-refractivity contribution in [3.8, 4) is 11.1 Å². The maximum Gasteiger partial charge on any atom is 0.303 e. The molecule has 0 saturated carbocycles. The van der Waals surface area contributed by atoms with E-state index in [4.69, 9.17) is 5.11 Å². The van der Waals surface area contributed by atoms with Gasteiger partial charge in [-0.3, -0.25) is 4.79 Å². The molecule has 0 aliphatic rings. The van der Waals surface area contributed by atoms with E-state index in [0.717, 1.165) is 22.0 Å². The van der Waals surface area contributed by atoms with Crippen LogP contribution in [0.5, 0.6) is 0 Å². The largest absolute Gasteiger partial charge is 0.481 e. The number of aromatic nitrogens is 1. The molecule has 106 valence electrons. The average molecular weight is 279 g/mol. The molecule has 21 heavy (non-hydrogen) atoms. The summed E-state index contributed by atoms with van der Waals surface area (Å²) in [5.41, 5.74) is 4.56. The van der Waals surface area contributed by atoms with Crippen LogP contribution in [0.1, 0.15) is 12.0 Å². The van der Waals surface area contributed by atoms with Gasteiger partial charge in [0.05, 0.1) is 0 Å². The van der Waals surface area contributed by atoms with Crippen molar-refractivity contribution in [2.45, 2.75) is 12.8 Å². The zero-order chi connectivity index (χ0) is 14.8. The van der Waals surface area contributed by atoms with E-state index >= 15 is 0 Å². The first-order valence-corrected chi connectivity index (χ1v) is 7.00. The number of hydrogen-bond donors (Lipinski definition) is 1. The van der Waals surface area contributed by atoms with E-state index in [2.05, 4.69) is 34.9 Å². The van der Waals surface area contributed by atoms with Crippen LogP contribution in [0.25, 0.3) is 22.0 Å². The van der Waals surface area contributed by atoms with E-state index in [-0.39, 0.29) is 6.42 Å². The van der Waals surface area contributed by atoms with Crippen molar-refractivity contribution < 1.29 is 9.90 Å². The van der Waals surface area contributed by atoms with Gasteiger partial charge in [-0.1, -0.05) is 36.4 Å². The van der Waals surface area contributed by atoms with Gasteiger partial charge in [0.15, 0.2) is 0 Å². The summed E-state index contributed by atoms with van der Waals surface area (Å²) in [4.78, 5) is 10.8. The van der Waals surface area contributed by atoms with E-state index < -0.39 is 5.97 Å². The van der Waals surface area contributed by atoms with E-state index in [1.807, 2.05) is 31.4 Å². The summed E-state index contributed by atoms with van der Waals surface area (Å²) in [7, 11) is 1.99. The van der Waals surface area contributed by atoms with Crippen LogP contribution < -0.4 is 0 Å². The number of hydrogen-bond acceptors (Lipinski definition) is 1. The molecular formula is C18H17NO2. The van der Waals surface area contributed by atoms with E-state index in [1.165, 1.54) is 5.56 Å². The summed E-state index contributed by atoms with van der Waals surface area (Å²) in [6.07, 6.45) is 2.75. The maximum absolute atomic E-state index is 10.8. The predicted molar refractivity (Wildman–Crippen MR) is 84.3 cm³/mol. The van der Waals surface area contributed by atoms with Crippen molar-refractivity contribution in [1.82, 2.24) is 4.57 Å². The maximum atomic E-state index is 10.8. The minimum atomic E-state index is -0.758. The van der Waals surface area contributed by atoms with Crippen molar-refractivity contribution in [3.05, 3.63) is 60.3 Å². The van der Waals surface area contributed by atoms with Gasteiger partial charge in [-0.25, -0.2) is 0 Å². The third-order valence-electron chi connectivity index (χ3n) is 3.79. The lowest BCUT2D eigenvalue weighted by atomic mass is 10.0. The molecule has 2 aromatic carbocycles. The van der Waals surface area contributed by atoms with Crippen LogP contribution in [0.15, 0.2) is 54.7 Å². The molecule has 1 N–H and O–H groups in total. The third kappa shape index (κ3) is 2.68. The minimum Gasteiger partial charge on any atom is -0.481 e. The molecule has 1 aromatic heterocycles. The monoisotopic (exact) mass is 279 g/mol. The van der Waals surface area contributed by atoms with Crippen molar-refractivity contribution in [1.29, 1.82) is 0 Å². The molecule has 0 atom stereocenters. The normalized spacial score (nSPS) is 10.9. The molecule has 1 heterocycles. The lowest BCUT2D eigenvalue weighted by Crippen LogP contribution is -1.96. The number of nitrogens with zero attached hydrogens (tertiary/aromatic N) is 1. The van der Waals surface area contributed by atoms with Crippen LogP contribution in [0.3, 0.4) is 0 Å². The molecule has 0 aliphatic heterocycles. The molecule has 0 radical (unpaired) electrons. The van der Waals surface area contributed by atoms with Crippen LogP contribution in [-0.4, -0.2) is 15.6 Å².